The van der Waals surface area contributed by atoms with Gasteiger partial charge in [0.15, 0.2) is 6.29 Å². The smallest absolute Gasteiger partial charge is 0.417 e. The van der Waals surface area contributed by atoms with E-state index in [1.165, 1.54) is 12.1 Å². The summed E-state index contributed by atoms with van der Waals surface area (Å²) >= 11 is 0. The van der Waals surface area contributed by atoms with Gasteiger partial charge in [0.05, 0.1) is 16.8 Å². The Morgan fingerprint density at radius 2 is 1.20 bits per heavy atom. The second kappa shape index (κ2) is 12.9. The fourth-order valence-corrected chi connectivity index (χ4v) is 4.99. The van der Waals surface area contributed by atoms with E-state index in [9.17, 15) is 18.0 Å². The Bertz CT molecular complexity index is 1920. The molecule has 0 fully saturated rings. The lowest BCUT2D eigenvalue weighted by Crippen LogP contribution is -2.10. The van der Waals surface area contributed by atoms with Crippen LogP contribution in [0.4, 0.5) is 13.2 Å². The third-order valence-corrected chi connectivity index (χ3v) is 7.22. The van der Waals surface area contributed by atoms with E-state index in [0.717, 1.165) is 17.2 Å². The lowest BCUT2D eigenvalue weighted by Gasteiger charge is -2.15. The zero-order valence-corrected chi connectivity index (χ0v) is 23.9. The standard InChI is InChI=1S/C37H27F3N2O3/c38-37(39,40)32-21-29(20-19-28(32)23-43)42-22-33(30-15-7-9-17-34(30)44-24-26-11-3-1-4-12-26)41-36(42)31-16-8-10-18-35(31)45-25-27-13-5-2-6-14-27/h1-23H,24-25H2. The van der Waals surface area contributed by atoms with Crippen LogP contribution in [0.5, 0.6) is 11.5 Å². The molecule has 0 radical (unpaired) electrons. The number of hydrogen-bond acceptors (Lipinski definition) is 4. The van der Waals surface area contributed by atoms with Crippen molar-refractivity contribution in [2.75, 3.05) is 0 Å². The monoisotopic (exact) mass is 604 g/mol. The molecular weight excluding hydrogens is 577 g/mol. The molecule has 0 saturated carbocycles. The van der Waals surface area contributed by atoms with Crippen LogP contribution in [0, 0.1) is 0 Å². The van der Waals surface area contributed by atoms with Gasteiger partial charge < -0.3 is 9.47 Å². The number of alkyl halides is 3. The summed E-state index contributed by atoms with van der Waals surface area (Å²) in [5.74, 6) is 1.44. The van der Waals surface area contributed by atoms with Crippen LogP contribution in [-0.4, -0.2) is 15.8 Å². The van der Waals surface area contributed by atoms with E-state index in [4.69, 9.17) is 14.5 Å². The summed E-state index contributed by atoms with van der Waals surface area (Å²) in [4.78, 5) is 16.4. The molecule has 1 heterocycles. The first-order valence-corrected chi connectivity index (χ1v) is 14.2. The van der Waals surface area contributed by atoms with Crippen LogP contribution in [0.3, 0.4) is 0 Å². The first-order chi connectivity index (χ1) is 21.9. The predicted molar refractivity (Wildman–Crippen MR) is 166 cm³/mol. The largest absolute Gasteiger partial charge is 0.488 e. The van der Waals surface area contributed by atoms with Crippen LogP contribution in [0.15, 0.2) is 134 Å². The number of aldehydes is 1. The molecule has 0 amide bonds. The van der Waals surface area contributed by atoms with Gasteiger partial charge in [-0.2, -0.15) is 13.2 Å². The molecule has 0 saturated heterocycles. The molecule has 5 aromatic carbocycles. The molecule has 1 aromatic heterocycles. The molecule has 0 spiro atoms. The SMILES string of the molecule is O=Cc1ccc(-n2cc(-c3ccccc3OCc3ccccc3)nc2-c2ccccc2OCc2ccccc2)cc1C(F)(F)F. The van der Waals surface area contributed by atoms with Crippen LogP contribution in [0.25, 0.3) is 28.3 Å². The van der Waals surface area contributed by atoms with Gasteiger partial charge in [-0.05, 0) is 53.6 Å². The van der Waals surface area contributed by atoms with Crippen LogP contribution in [0.1, 0.15) is 27.0 Å². The second-order valence-corrected chi connectivity index (χ2v) is 10.2. The van der Waals surface area contributed by atoms with Crippen molar-refractivity contribution in [3.8, 4) is 39.8 Å². The van der Waals surface area contributed by atoms with Gasteiger partial charge in [-0.25, -0.2) is 4.98 Å². The van der Waals surface area contributed by atoms with Gasteiger partial charge in [0, 0.05) is 23.0 Å². The molecule has 0 bridgehead atoms. The minimum absolute atomic E-state index is 0.183. The summed E-state index contributed by atoms with van der Waals surface area (Å²) in [6.45, 7) is 0.609. The van der Waals surface area contributed by atoms with Gasteiger partial charge in [0.2, 0.25) is 0 Å². The number of nitrogens with zero attached hydrogens (tertiary/aromatic N) is 2. The number of halogens is 3. The van der Waals surface area contributed by atoms with Gasteiger partial charge in [0.25, 0.3) is 0 Å². The Morgan fingerprint density at radius 3 is 1.78 bits per heavy atom. The molecule has 0 atom stereocenters. The lowest BCUT2D eigenvalue weighted by molar-refractivity contribution is -0.137. The summed E-state index contributed by atoms with van der Waals surface area (Å²) in [5, 5.41) is 0. The van der Waals surface area contributed by atoms with Gasteiger partial charge in [-0.3, -0.25) is 9.36 Å². The van der Waals surface area contributed by atoms with E-state index >= 15 is 0 Å². The van der Waals surface area contributed by atoms with Gasteiger partial charge in [-0.15, -0.1) is 0 Å². The van der Waals surface area contributed by atoms with E-state index in [1.807, 2.05) is 103 Å². The van der Waals surface area contributed by atoms with Crippen molar-refractivity contribution < 1.29 is 27.4 Å². The number of carbonyl (C=O) groups is 1. The van der Waals surface area contributed by atoms with Crippen molar-refractivity contribution in [2.24, 2.45) is 0 Å². The topological polar surface area (TPSA) is 53.4 Å². The Hall–Kier alpha value is -5.63. The molecule has 224 valence electrons. The molecule has 6 rings (SSSR count). The minimum Gasteiger partial charge on any atom is -0.488 e. The van der Waals surface area contributed by atoms with Gasteiger partial charge in [-0.1, -0.05) is 84.9 Å². The number of carbonyl (C=O) groups excluding carboxylic acids is 1. The number of rotatable bonds is 10. The summed E-state index contributed by atoms with van der Waals surface area (Å²) < 4.78 is 56.0. The van der Waals surface area contributed by atoms with Crippen molar-refractivity contribution in [1.29, 1.82) is 0 Å². The molecule has 5 nitrogen and oxygen atoms in total. The highest BCUT2D eigenvalue weighted by atomic mass is 19.4. The average Bonchev–Trinajstić information content (AvgIpc) is 3.52. The molecule has 0 N–H and O–H groups in total. The molecule has 0 aliphatic carbocycles. The van der Waals surface area contributed by atoms with Crippen LogP contribution < -0.4 is 9.47 Å². The van der Waals surface area contributed by atoms with Crippen molar-refractivity contribution in [1.82, 2.24) is 9.55 Å². The number of ether oxygens (including phenoxy) is 2. The summed E-state index contributed by atoms with van der Waals surface area (Å²) in [5.41, 5.74) is 2.38. The summed E-state index contributed by atoms with van der Waals surface area (Å²) in [6.07, 6.45) is -2.85. The first-order valence-electron chi connectivity index (χ1n) is 14.2. The van der Waals surface area contributed by atoms with E-state index < -0.39 is 17.3 Å². The maximum absolute atomic E-state index is 14.0. The van der Waals surface area contributed by atoms with Crippen LogP contribution >= 0.6 is 0 Å². The summed E-state index contributed by atoms with van der Waals surface area (Å²) in [7, 11) is 0. The normalized spacial score (nSPS) is 11.3. The fraction of sp³-hybridized carbons (Fsp3) is 0.0811. The van der Waals surface area contributed by atoms with E-state index in [1.54, 1.807) is 16.8 Å². The maximum Gasteiger partial charge on any atom is 0.417 e. The molecule has 0 aliphatic rings. The maximum atomic E-state index is 14.0. The zero-order chi connectivity index (χ0) is 31.2. The molecular formula is C37H27F3N2O3. The fourth-order valence-electron chi connectivity index (χ4n) is 4.99. The molecule has 0 unspecified atom stereocenters. The lowest BCUT2D eigenvalue weighted by atomic mass is 10.1. The van der Waals surface area contributed by atoms with Crippen molar-refractivity contribution in [3.63, 3.8) is 0 Å². The van der Waals surface area contributed by atoms with E-state index in [0.29, 0.717) is 40.8 Å². The number of benzene rings is 5. The highest BCUT2D eigenvalue weighted by Crippen LogP contribution is 2.38. The molecule has 6 aromatic rings. The summed E-state index contributed by atoms with van der Waals surface area (Å²) in [6, 6.07) is 37.6. The third kappa shape index (κ3) is 6.65. The highest BCUT2D eigenvalue weighted by Gasteiger charge is 2.34. The number of hydrogen-bond donors (Lipinski definition) is 0. The number of imidazole rings is 1. The molecule has 0 aliphatic heterocycles. The van der Waals surface area contributed by atoms with Crippen LogP contribution in [0.2, 0.25) is 0 Å². The molecule has 8 heteroatoms. The predicted octanol–water partition coefficient (Wildman–Crippen LogP) is 9.20. The second-order valence-electron chi connectivity index (χ2n) is 10.2. The van der Waals surface area contributed by atoms with Crippen molar-refractivity contribution in [2.45, 2.75) is 19.4 Å². The Morgan fingerprint density at radius 1 is 0.667 bits per heavy atom. The first kappa shape index (κ1) is 29.4. The van der Waals surface area contributed by atoms with Crippen molar-refractivity contribution in [3.05, 3.63) is 156 Å². The number of para-hydroxylation sites is 2. The minimum atomic E-state index is -4.73. The Kier molecular flexibility index (Phi) is 8.46. The van der Waals surface area contributed by atoms with E-state index in [-0.39, 0.29) is 18.6 Å². The van der Waals surface area contributed by atoms with Crippen molar-refractivity contribution >= 4 is 6.29 Å². The van der Waals surface area contributed by atoms with Gasteiger partial charge >= 0.3 is 6.18 Å². The Labute approximate surface area is 258 Å². The van der Waals surface area contributed by atoms with E-state index in [2.05, 4.69) is 0 Å². The highest BCUT2D eigenvalue weighted by molar-refractivity contribution is 5.79. The quantitative estimate of drug-likeness (QED) is 0.146. The zero-order valence-electron chi connectivity index (χ0n) is 23.9. The van der Waals surface area contributed by atoms with Gasteiger partial charge in [0.1, 0.15) is 30.5 Å². The Balaban J connectivity index is 1.47. The number of aromatic nitrogens is 2. The average molecular weight is 605 g/mol. The van der Waals surface area contributed by atoms with Crippen LogP contribution in [-0.2, 0) is 19.4 Å². The third-order valence-electron chi connectivity index (χ3n) is 7.22. The molecule has 45 heavy (non-hydrogen) atoms.